The van der Waals surface area contributed by atoms with Gasteiger partial charge in [0.15, 0.2) is 0 Å². The minimum Gasteiger partial charge on any atom is -0.393 e. The van der Waals surface area contributed by atoms with Crippen LogP contribution < -0.4 is 5.32 Å². The lowest BCUT2D eigenvalue weighted by Crippen LogP contribution is -2.27. The fourth-order valence-electron chi connectivity index (χ4n) is 3.01. The van der Waals surface area contributed by atoms with E-state index in [-0.39, 0.29) is 6.10 Å². The van der Waals surface area contributed by atoms with E-state index < -0.39 is 0 Å². The molecule has 0 saturated heterocycles. The van der Waals surface area contributed by atoms with E-state index in [0.29, 0.717) is 5.92 Å². The zero-order valence-corrected chi connectivity index (χ0v) is 12.1. The smallest absolute Gasteiger partial charge is 0.0747 e. The Kier molecular flexibility index (Phi) is 4.20. The van der Waals surface area contributed by atoms with Gasteiger partial charge in [0.2, 0.25) is 0 Å². The van der Waals surface area contributed by atoms with Crippen LogP contribution in [0.3, 0.4) is 0 Å². The van der Waals surface area contributed by atoms with E-state index in [4.69, 9.17) is 11.6 Å². The molecule has 1 heterocycles. The fraction of sp³-hybridized carbons (Fsp3) is 0.438. The maximum absolute atomic E-state index is 9.83. The van der Waals surface area contributed by atoms with E-state index in [1.54, 1.807) is 6.20 Å². The van der Waals surface area contributed by atoms with Crippen molar-refractivity contribution in [3.05, 3.63) is 41.0 Å². The SMILES string of the molecule is O[C@H]1CCC[C@@H]1CNCc1cc(Cl)cc2cccnc12. The maximum atomic E-state index is 9.83. The standard InChI is InChI=1S/C16H19ClN2O/c17-14-7-11-4-2-6-19-16(11)13(8-14)10-18-9-12-3-1-5-15(12)20/h2,4,6-8,12,15,18,20H,1,3,5,9-10H2/t12-,15+/m1/s1. The van der Waals surface area contributed by atoms with Gasteiger partial charge in [0, 0.05) is 29.7 Å². The van der Waals surface area contributed by atoms with Crippen LogP contribution in [0.4, 0.5) is 0 Å². The lowest BCUT2D eigenvalue weighted by atomic mass is 10.1. The third kappa shape index (κ3) is 2.95. The van der Waals surface area contributed by atoms with Gasteiger partial charge in [-0.1, -0.05) is 24.1 Å². The number of nitrogens with one attached hydrogen (secondary N) is 1. The summed E-state index contributed by atoms with van der Waals surface area (Å²) < 4.78 is 0. The number of pyridine rings is 1. The van der Waals surface area contributed by atoms with Crippen LogP contribution in [-0.4, -0.2) is 22.7 Å². The molecule has 3 nitrogen and oxygen atoms in total. The number of nitrogens with zero attached hydrogens (tertiary/aromatic N) is 1. The zero-order valence-electron chi connectivity index (χ0n) is 11.3. The molecule has 1 aromatic heterocycles. The highest BCUT2D eigenvalue weighted by Gasteiger charge is 2.24. The van der Waals surface area contributed by atoms with Gasteiger partial charge in [-0.15, -0.1) is 0 Å². The van der Waals surface area contributed by atoms with Crippen LogP contribution in [0.5, 0.6) is 0 Å². The van der Waals surface area contributed by atoms with Crippen molar-refractivity contribution in [2.45, 2.75) is 31.9 Å². The summed E-state index contributed by atoms with van der Waals surface area (Å²) in [7, 11) is 0. The summed E-state index contributed by atoms with van der Waals surface area (Å²) >= 11 is 6.16. The zero-order chi connectivity index (χ0) is 13.9. The summed E-state index contributed by atoms with van der Waals surface area (Å²) in [5.41, 5.74) is 2.11. The largest absolute Gasteiger partial charge is 0.393 e. The first-order chi connectivity index (χ1) is 9.74. The summed E-state index contributed by atoms with van der Waals surface area (Å²) in [6.07, 6.45) is 4.85. The lowest BCUT2D eigenvalue weighted by molar-refractivity contribution is 0.131. The molecular formula is C16H19ClN2O. The van der Waals surface area contributed by atoms with Gasteiger partial charge in [-0.3, -0.25) is 4.98 Å². The van der Waals surface area contributed by atoms with Gasteiger partial charge in [-0.2, -0.15) is 0 Å². The van der Waals surface area contributed by atoms with E-state index >= 15 is 0 Å². The number of benzene rings is 1. The van der Waals surface area contributed by atoms with Crippen LogP contribution >= 0.6 is 11.6 Å². The molecule has 0 radical (unpaired) electrons. The van der Waals surface area contributed by atoms with E-state index in [2.05, 4.69) is 10.3 Å². The predicted molar refractivity (Wildman–Crippen MR) is 81.8 cm³/mol. The van der Waals surface area contributed by atoms with Crippen molar-refractivity contribution in [2.75, 3.05) is 6.54 Å². The molecule has 0 unspecified atom stereocenters. The third-order valence-corrected chi connectivity index (χ3v) is 4.31. The number of fused-ring (bicyclic) bond motifs is 1. The van der Waals surface area contributed by atoms with Crippen LogP contribution in [0.15, 0.2) is 30.5 Å². The Bertz CT molecular complexity index is 602. The normalized spacial score (nSPS) is 22.5. The van der Waals surface area contributed by atoms with E-state index in [9.17, 15) is 5.11 Å². The van der Waals surface area contributed by atoms with E-state index in [0.717, 1.165) is 53.8 Å². The Balaban J connectivity index is 1.71. The molecule has 0 aliphatic heterocycles. The molecule has 1 aromatic carbocycles. The quantitative estimate of drug-likeness (QED) is 0.909. The number of aliphatic hydroxyl groups is 1. The molecular weight excluding hydrogens is 272 g/mol. The second-order valence-corrected chi connectivity index (χ2v) is 5.97. The predicted octanol–water partition coefficient (Wildman–Crippen LogP) is 3.14. The second kappa shape index (κ2) is 6.08. The summed E-state index contributed by atoms with van der Waals surface area (Å²) in [5.74, 6) is 0.383. The van der Waals surface area contributed by atoms with Crippen LogP contribution in [0.1, 0.15) is 24.8 Å². The van der Waals surface area contributed by atoms with Gasteiger partial charge < -0.3 is 10.4 Å². The van der Waals surface area contributed by atoms with Gasteiger partial charge in [0.05, 0.1) is 11.6 Å². The molecule has 1 aliphatic carbocycles. The van der Waals surface area contributed by atoms with Crippen LogP contribution in [-0.2, 0) is 6.54 Å². The van der Waals surface area contributed by atoms with Crippen molar-refractivity contribution in [2.24, 2.45) is 5.92 Å². The van der Waals surface area contributed by atoms with Crippen molar-refractivity contribution in [3.8, 4) is 0 Å². The number of hydrogen-bond acceptors (Lipinski definition) is 3. The molecule has 1 fully saturated rings. The van der Waals surface area contributed by atoms with Gasteiger partial charge in [0.1, 0.15) is 0 Å². The molecule has 3 rings (SSSR count). The van der Waals surface area contributed by atoms with Crippen molar-refractivity contribution >= 4 is 22.5 Å². The van der Waals surface area contributed by atoms with Crippen LogP contribution in [0, 0.1) is 5.92 Å². The van der Waals surface area contributed by atoms with Crippen molar-refractivity contribution in [3.63, 3.8) is 0 Å². The summed E-state index contributed by atoms with van der Waals surface area (Å²) in [6, 6.07) is 7.85. The molecule has 2 N–H and O–H groups in total. The molecule has 2 aromatic rings. The summed E-state index contributed by atoms with van der Waals surface area (Å²) in [4.78, 5) is 4.44. The van der Waals surface area contributed by atoms with E-state index in [1.165, 1.54) is 0 Å². The first kappa shape index (κ1) is 13.8. The van der Waals surface area contributed by atoms with Crippen molar-refractivity contribution in [1.29, 1.82) is 0 Å². The molecule has 1 saturated carbocycles. The number of hydrogen-bond donors (Lipinski definition) is 2. The second-order valence-electron chi connectivity index (χ2n) is 5.53. The number of aromatic nitrogens is 1. The van der Waals surface area contributed by atoms with Crippen LogP contribution in [0.2, 0.25) is 5.02 Å². The average Bonchev–Trinajstić information content (AvgIpc) is 2.84. The van der Waals surface area contributed by atoms with Crippen molar-refractivity contribution < 1.29 is 5.11 Å². The van der Waals surface area contributed by atoms with E-state index in [1.807, 2.05) is 24.3 Å². The lowest BCUT2D eigenvalue weighted by Gasteiger charge is -2.15. The molecule has 0 bridgehead atoms. The highest BCUT2D eigenvalue weighted by atomic mass is 35.5. The summed E-state index contributed by atoms with van der Waals surface area (Å²) in [5, 5.41) is 15.1. The van der Waals surface area contributed by atoms with Gasteiger partial charge >= 0.3 is 0 Å². The Morgan fingerprint density at radius 2 is 2.25 bits per heavy atom. The molecule has 4 heteroatoms. The number of rotatable bonds is 4. The number of halogens is 1. The Morgan fingerprint density at radius 3 is 3.05 bits per heavy atom. The molecule has 2 atom stereocenters. The minimum atomic E-state index is -0.142. The maximum Gasteiger partial charge on any atom is 0.0747 e. The fourth-order valence-corrected chi connectivity index (χ4v) is 3.26. The first-order valence-corrected chi connectivity index (χ1v) is 7.54. The summed E-state index contributed by atoms with van der Waals surface area (Å²) in [6.45, 7) is 1.58. The highest BCUT2D eigenvalue weighted by Crippen LogP contribution is 2.25. The Morgan fingerprint density at radius 1 is 1.35 bits per heavy atom. The Hall–Kier alpha value is -1.16. The highest BCUT2D eigenvalue weighted by molar-refractivity contribution is 6.31. The van der Waals surface area contributed by atoms with Gasteiger partial charge in [-0.05, 0) is 42.5 Å². The molecule has 20 heavy (non-hydrogen) atoms. The van der Waals surface area contributed by atoms with Gasteiger partial charge in [0.25, 0.3) is 0 Å². The molecule has 1 aliphatic rings. The molecule has 0 amide bonds. The topological polar surface area (TPSA) is 45.1 Å². The molecule has 106 valence electrons. The average molecular weight is 291 g/mol. The minimum absolute atomic E-state index is 0.142. The van der Waals surface area contributed by atoms with Crippen molar-refractivity contribution in [1.82, 2.24) is 10.3 Å². The number of aliphatic hydroxyl groups excluding tert-OH is 1. The Labute approximate surface area is 124 Å². The van der Waals surface area contributed by atoms with Gasteiger partial charge in [-0.25, -0.2) is 0 Å². The third-order valence-electron chi connectivity index (χ3n) is 4.09. The monoisotopic (exact) mass is 290 g/mol. The van der Waals surface area contributed by atoms with Crippen LogP contribution in [0.25, 0.3) is 10.9 Å². The first-order valence-electron chi connectivity index (χ1n) is 7.16. The molecule has 0 spiro atoms.